The third-order valence-electron chi connectivity index (χ3n) is 4.41. The predicted octanol–water partition coefficient (Wildman–Crippen LogP) is 5.28. The number of anilines is 1. The summed E-state index contributed by atoms with van der Waals surface area (Å²) in [6.07, 6.45) is 4.37. The fourth-order valence-corrected chi connectivity index (χ4v) is 3.39. The maximum absolute atomic E-state index is 12.8. The zero-order valence-corrected chi connectivity index (χ0v) is 20.2. The maximum atomic E-state index is 12.8. The van der Waals surface area contributed by atoms with Crippen molar-refractivity contribution in [2.75, 3.05) is 18.5 Å². The number of nitrogens with one attached hydrogen (secondary N) is 3. The van der Waals surface area contributed by atoms with Crippen LogP contribution in [-0.2, 0) is 0 Å². The third-order valence-corrected chi connectivity index (χ3v) is 5.11. The number of hydrogen-bond donors (Lipinski definition) is 3. The van der Waals surface area contributed by atoms with E-state index in [-0.39, 0.29) is 16.9 Å². The summed E-state index contributed by atoms with van der Waals surface area (Å²) in [4.78, 5) is 24.6. The molecule has 31 heavy (non-hydrogen) atoms. The van der Waals surface area contributed by atoms with Gasteiger partial charge in [0.2, 0.25) is 0 Å². The van der Waals surface area contributed by atoms with Crippen molar-refractivity contribution in [3.63, 3.8) is 0 Å². The lowest BCUT2D eigenvalue weighted by atomic mass is 10.2. The fraction of sp³-hybridized carbons (Fsp3) is 0.348. The smallest absolute Gasteiger partial charge is 0.261 e. The Morgan fingerprint density at radius 1 is 1.00 bits per heavy atom. The summed E-state index contributed by atoms with van der Waals surface area (Å²) >= 11 is 8.67. The van der Waals surface area contributed by atoms with Gasteiger partial charge in [0, 0.05) is 22.3 Å². The minimum atomic E-state index is -0.360. The highest BCUT2D eigenvalue weighted by Crippen LogP contribution is 2.24. The Bertz CT molecular complexity index is 903. The highest BCUT2D eigenvalue weighted by atomic mass is 79.9. The number of carbonyl (C=O) groups is 2. The molecule has 0 heterocycles. The molecule has 0 atom stereocenters. The number of hydrogen-bond acceptors (Lipinski definition) is 4. The van der Waals surface area contributed by atoms with Crippen LogP contribution in [0.4, 0.5) is 5.69 Å². The average Bonchev–Trinajstić information content (AvgIpc) is 2.75. The molecule has 0 bridgehead atoms. The van der Waals surface area contributed by atoms with E-state index in [0.29, 0.717) is 35.7 Å². The molecule has 0 fully saturated rings. The molecule has 0 spiro atoms. The Kier molecular flexibility index (Phi) is 10.5. The van der Waals surface area contributed by atoms with Gasteiger partial charge in [-0.3, -0.25) is 14.9 Å². The summed E-state index contributed by atoms with van der Waals surface area (Å²) in [5.74, 6) is 0.0226. The van der Waals surface area contributed by atoms with Crippen molar-refractivity contribution in [2.24, 2.45) is 0 Å². The van der Waals surface area contributed by atoms with Gasteiger partial charge in [-0.1, -0.05) is 42.1 Å². The van der Waals surface area contributed by atoms with Crippen molar-refractivity contribution in [3.8, 4) is 5.75 Å². The first-order valence-electron chi connectivity index (χ1n) is 10.4. The van der Waals surface area contributed by atoms with Crippen molar-refractivity contribution < 1.29 is 14.3 Å². The second-order valence-corrected chi connectivity index (χ2v) is 8.22. The van der Waals surface area contributed by atoms with E-state index < -0.39 is 0 Å². The first-order chi connectivity index (χ1) is 14.9. The van der Waals surface area contributed by atoms with Crippen molar-refractivity contribution >= 4 is 50.8 Å². The van der Waals surface area contributed by atoms with E-state index in [9.17, 15) is 9.59 Å². The molecule has 2 amide bonds. The van der Waals surface area contributed by atoms with Crippen molar-refractivity contribution in [2.45, 2.75) is 39.5 Å². The molecule has 3 N–H and O–H groups in total. The van der Waals surface area contributed by atoms with Crippen molar-refractivity contribution in [1.82, 2.24) is 10.6 Å². The molecule has 2 aromatic carbocycles. The van der Waals surface area contributed by atoms with E-state index in [1.165, 1.54) is 6.42 Å². The number of benzene rings is 2. The monoisotopic (exact) mass is 505 g/mol. The largest absolute Gasteiger partial charge is 0.493 e. The highest BCUT2D eigenvalue weighted by Gasteiger charge is 2.15. The lowest BCUT2D eigenvalue weighted by Gasteiger charge is -2.14. The van der Waals surface area contributed by atoms with Gasteiger partial charge >= 0.3 is 0 Å². The van der Waals surface area contributed by atoms with E-state index in [1.54, 1.807) is 36.4 Å². The number of unbranched alkanes of at least 4 members (excludes halogenated alkanes) is 3. The number of halogens is 1. The molecule has 0 aliphatic heterocycles. The van der Waals surface area contributed by atoms with Gasteiger partial charge in [0.25, 0.3) is 11.8 Å². The second-order valence-electron chi connectivity index (χ2n) is 6.89. The lowest BCUT2D eigenvalue weighted by Crippen LogP contribution is -2.34. The average molecular weight is 506 g/mol. The Morgan fingerprint density at radius 3 is 2.42 bits per heavy atom. The number of carbonyl (C=O) groups excluding carboxylic acids is 2. The van der Waals surface area contributed by atoms with Crippen molar-refractivity contribution in [3.05, 3.63) is 58.1 Å². The summed E-state index contributed by atoms with van der Waals surface area (Å²) in [6, 6.07) is 12.2. The molecule has 0 aliphatic carbocycles. The van der Waals surface area contributed by atoms with Gasteiger partial charge in [0.15, 0.2) is 5.11 Å². The first-order valence-corrected chi connectivity index (χ1v) is 11.6. The number of amides is 2. The molecule has 2 rings (SSSR count). The van der Waals surface area contributed by atoms with E-state index in [0.717, 1.165) is 23.7 Å². The van der Waals surface area contributed by atoms with Crippen LogP contribution in [0.25, 0.3) is 0 Å². The highest BCUT2D eigenvalue weighted by molar-refractivity contribution is 9.10. The molecule has 0 aromatic heterocycles. The molecule has 166 valence electrons. The van der Waals surface area contributed by atoms with Crippen LogP contribution in [0.5, 0.6) is 5.75 Å². The summed E-state index contributed by atoms with van der Waals surface area (Å²) in [5, 5.41) is 8.54. The van der Waals surface area contributed by atoms with Gasteiger partial charge in [0.1, 0.15) is 5.75 Å². The normalized spacial score (nSPS) is 10.3. The number of rotatable bonds is 10. The van der Waals surface area contributed by atoms with Crippen LogP contribution in [0.2, 0.25) is 0 Å². The first kappa shape index (κ1) is 24.8. The van der Waals surface area contributed by atoms with E-state index in [4.69, 9.17) is 17.0 Å². The molecule has 6 nitrogen and oxygen atoms in total. The van der Waals surface area contributed by atoms with Gasteiger partial charge < -0.3 is 15.4 Å². The lowest BCUT2D eigenvalue weighted by molar-refractivity contribution is 0.0952. The number of ether oxygens (including phenoxy) is 1. The predicted molar refractivity (Wildman–Crippen MR) is 132 cm³/mol. The minimum Gasteiger partial charge on any atom is -0.493 e. The summed E-state index contributed by atoms with van der Waals surface area (Å²) in [5.41, 5.74) is 1.62. The third kappa shape index (κ3) is 8.30. The van der Waals surface area contributed by atoms with Gasteiger partial charge in [-0.05, 0) is 68.0 Å². The van der Waals surface area contributed by atoms with Gasteiger partial charge in [-0.25, -0.2) is 0 Å². The molecule has 0 radical (unpaired) electrons. The van der Waals surface area contributed by atoms with Crippen LogP contribution in [0.3, 0.4) is 0 Å². The topological polar surface area (TPSA) is 79.5 Å². The van der Waals surface area contributed by atoms with Crippen LogP contribution >= 0.6 is 28.1 Å². The Hall–Kier alpha value is -2.45. The molecule has 0 saturated heterocycles. The van der Waals surface area contributed by atoms with Gasteiger partial charge in [-0.2, -0.15) is 0 Å². The molecular formula is C23H28BrN3O3S. The second kappa shape index (κ2) is 13.1. The van der Waals surface area contributed by atoms with E-state index in [2.05, 4.69) is 38.8 Å². The number of thiocarbonyl (C=S) groups is 1. The standard InChI is InChI=1S/C23H28BrN3O3S/c1-3-5-6-7-14-30-20-13-10-17(24)15-19(20)22(29)27-23(31)26-18-11-8-16(9-12-18)21(28)25-4-2/h8-13,15H,3-7,14H2,1-2H3,(H,25,28)(H2,26,27,29,31). The Balaban J connectivity index is 1.96. The Morgan fingerprint density at radius 2 is 1.74 bits per heavy atom. The fourth-order valence-electron chi connectivity index (χ4n) is 2.82. The van der Waals surface area contributed by atoms with Gasteiger partial charge in [0.05, 0.1) is 12.2 Å². The summed E-state index contributed by atoms with van der Waals surface area (Å²) in [6.45, 7) is 5.15. The quantitative estimate of drug-likeness (QED) is 0.302. The summed E-state index contributed by atoms with van der Waals surface area (Å²) < 4.78 is 6.61. The summed E-state index contributed by atoms with van der Waals surface area (Å²) in [7, 11) is 0. The van der Waals surface area contributed by atoms with Crippen LogP contribution < -0.4 is 20.7 Å². The molecule has 0 saturated carbocycles. The molecule has 8 heteroatoms. The minimum absolute atomic E-state index is 0.137. The zero-order valence-electron chi connectivity index (χ0n) is 17.8. The zero-order chi connectivity index (χ0) is 22.6. The van der Waals surface area contributed by atoms with E-state index in [1.807, 2.05) is 13.0 Å². The maximum Gasteiger partial charge on any atom is 0.261 e. The van der Waals surface area contributed by atoms with Crippen LogP contribution in [0.15, 0.2) is 46.9 Å². The molecule has 2 aromatic rings. The molecular weight excluding hydrogens is 478 g/mol. The SMILES string of the molecule is CCCCCCOc1ccc(Br)cc1C(=O)NC(=S)Nc1ccc(C(=O)NCC)cc1. The van der Waals surface area contributed by atoms with Crippen molar-refractivity contribution in [1.29, 1.82) is 0 Å². The van der Waals surface area contributed by atoms with Gasteiger partial charge in [-0.15, -0.1) is 0 Å². The molecule has 0 aliphatic rings. The van der Waals surface area contributed by atoms with E-state index >= 15 is 0 Å². The Labute approximate surface area is 197 Å². The molecule has 0 unspecified atom stereocenters. The van der Waals surface area contributed by atoms with Crippen LogP contribution in [-0.4, -0.2) is 30.1 Å². The van der Waals surface area contributed by atoms with Crippen LogP contribution in [0.1, 0.15) is 60.2 Å². The van der Waals surface area contributed by atoms with Crippen LogP contribution in [0, 0.1) is 0 Å².